The van der Waals surface area contributed by atoms with Gasteiger partial charge < -0.3 is 10.3 Å². The van der Waals surface area contributed by atoms with E-state index in [1.165, 1.54) is 12.1 Å². The molecule has 0 saturated heterocycles. The number of nitrogen functional groups attached to an aromatic ring is 1. The van der Waals surface area contributed by atoms with Crippen molar-refractivity contribution in [3.63, 3.8) is 0 Å². The smallest absolute Gasteiger partial charge is 0.125 e. The van der Waals surface area contributed by atoms with Crippen LogP contribution in [0, 0.1) is 18.2 Å². The summed E-state index contributed by atoms with van der Waals surface area (Å²) in [5.41, 5.74) is 6.44. The van der Waals surface area contributed by atoms with Crippen molar-refractivity contribution in [1.82, 2.24) is 9.55 Å². The Balaban J connectivity index is 2.65. The lowest BCUT2D eigenvalue weighted by Crippen LogP contribution is -2.15. The number of hydrogen-bond donors (Lipinski definition) is 2. The molecule has 2 aromatic rings. The average Bonchev–Trinajstić information content (AvgIpc) is 2.64. The minimum absolute atomic E-state index is 0.164. The summed E-state index contributed by atoms with van der Waals surface area (Å²) < 4.78 is 14.8. The number of rotatable bonds is 2. The van der Waals surface area contributed by atoms with E-state index in [-0.39, 0.29) is 5.84 Å². The number of benzene rings is 1. The Labute approximate surface area is 92.0 Å². The molecule has 1 heterocycles. The fraction of sp³-hybridized carbons (Fsp3) is 0.0909. The van der Waals surface area contributed by atoms with Gasteiger partial charge in [-0.05, 0) is 25.1 Å². The van der Waals surface area contributed by atoms with Gasteiger partial charge >= 0.3 is 0 Å². The molecule has 0 bridgehead atoms. The van der Waals surface area contributed by atoms with E-state index in [4.69, 9.17) is 11.1 Å². The number of imidazole rings is 1. The van der Waals surface area contributed by atoms with Crippen LogP contribution in [-0.4, -0.2) is 15.4 Å². The second-order valence-corrected chi connectivity index (χ2v) is 3.42. The van der Waals surface area contributed by atoms with Crippen molar-refractivity contribution < 1.29 is 4.39 Å². The van der Waals surface area contributed by atoms with Crippen LogP contribution in [0.3, 0.4) is 0 Å². The van der Waals surface area contributed by atoms with E-state index < -0.39 is 5.82 Å². The molecule has 0 aliphatic heterocycles. The Bertz CT molecular complexity index is 545. The molecule has 82 valence electrons. The van der Waals surface area contributed by atoms with Crippen molar-refractivity contribution in [2.45, 2.75) is 6.92 Å². The van der Waals surface area contributed by atoms with E-state index in [1.807, 2.05) is 6.92 Å². The molecule has 0 saturated carbocycles. The number of nitrogens with zero attached hydrogens (tertiary/aromatic N) is 2. The fourth-order valence-corrected chi connectivity index (χ4v) is 1.57. The van der Waals surface area contributed by atoms with Gasteiger partial charge in [0, 0.05) is 18.0 Å². The van der Waals surface area contributed by atoms with Crippen molar-refractivity contribution in [1.29, 1.82) is 5.41 Å². The molecule has 0 atom stereocenters. The van der Waals surface area contributed by atoms with Crippen molar-refractivity contribution in [3.8, 4) is 5.69 Å². The molecular weight excluding hydrogens is 207 g/mol. The Hall–Kier alpha value is -2.17. The van der Waals surface area contributed by atoms with E-state index >= 15 is 0 Å². The van der Waals surface area contributed by atoms with Gasteiger partial charge in [-0.2, -0.15) is 0 Å². The number of aromatic nitrogens is 2. The SMILES string of the molecule is Cc1nccn1-c1ccc(F)cc1C(=N)N. The molecule has 0 unspecified atom stereocenters. The third-order valence-electron chi connectivity index (χ3n) is 2.33. The molecule has 0 aliphatic carbocycles. The van der Waals surface area contributed by atoms with Crippen LogP contribution in [0.2, 0.25) is 0 Å². The quantitative estimate of drug-likeness (QED) is 0.594. The molecular formula is C11H11FN4. The first-order valence-corrected chi connectivity index (χ1v) is 4.74. The third-order valence-corrected chi connectivity index (χ3v) is 2.33. The number of aryl methyl sites for hydroxylation is 1. The van der Waals surface area contributed by atoms with Gasteiger partial charge in [-0.3, -0.25) is 5.41 Å². The number of nitrogens with one attached hydrogen (secondary N) is 1. The summed E-state index contributed by atoms with van der Waals surface area (Å²) in [4.78, 5) is 4.07. The lowest BCUT2D eigenvalue weighted by Gasteiger charge is -2.10. The predicted molar refractivity (Wildman–Crippen MR) is 59.3 cm³/mol. The highest BCUT2D eigenvalue weighted by Gasteiger charge is 2.10. The monoisotopic (exact) mass is 218 g/mol. The lowest BCUT2D eigenvalue weighted by molar-refractivity contribution is 0.627. The summed E-state index contributed by atoms with van der Waals surface area (Å²) in [6.07, 6.45) is 3.39. The Morgan fingerprint density at radius 2 is 2.25 bits per heavy atom. The highest BCUT2D eigenvalue weighted by atomic mass is 19.1. The van der Waals surface area contributed by atoms with Crippen LogP contribution in [0.4, 0.5) is 4.39 Å². The number of nitrogens with two attached hydrogens (primary N) is 1. The Kier molecular flexibility index (Phi) is 2.44. The highest BCUT2D eigenvalue weighted by molar-refractivity contribution is 5.98. The number of halogens is 1. The minimum atomic E-state index is -0.410. The van der Waals surface area contributed by atoms with Gasteiger partial charge in [0.2, 0.25) is 0 Å². The van der Waals surface area contributed by atoms with Crippen LogP contribution in [0.1, 0.15) is 11.4 Å². The molecule has 16 heavy (non-hydrogen) atoms. The molecule has 1 aromatic carbocycles. The topological polar surface area (TPSA) is 67.7 Å². The lowest BCUT2D eigenvalue weighted by atomic mass is 10.1. The molecule has 2 rings (SSSR count). The number of hydrogen-bond acceptors (Lipinski definition) is 2. The summed E-state index contributed by atoms with van der Waals surface area (Å²) in [5, 5.41) is 7.42. The predicted octanol–water partition coefficient (Wildman–Crippen LogP) is 1.60. The van der Waals surface area contributed by atoms with Gasteiger partial charge in [-0.1, -0.05) is 0 Å². The second-order valence-electron chi connectivity index (χ2n) is 3.42. The maximum absolute atomic E-state index is 13.1. The van der Waals surface area contributed by atoms with Crippen LogP contribution in [0.25, 0.3) is 5.69 Å². The summed E-state index contributed by atoms with van der Waals surface area (Å²) >= 11 is 0. The maximum Gasteiger partial charge on any atom is 0.125 e. The summed E-state index contributed by atoms with van der Waals surface area (Å²) in [6.45, 7) is 1.83. The molecule has 0 amide bonds. The van der Waals surface area contributed by atoms with E-state index in [0.29, 0.717) is 11.3 Å². The van der Waals surface area contributed by atoms with Crippen molar-refractivity contribution in [2.24, 2.45) is 5.73 Å². The largest absolute Gasteiger partial charge is 0.384 e. The van der Waals surface area contributed by atoms with Crippen LogP contribution in [0.5, 0.6) is 0 Å². The molecule has 0 radical (unpaired) electrons. The summed E-state index contributed by atoms with van der Waals surface area (Å²) in [6, 6.07) is 4.17. The van der Waals surface area contributed by atoms with Crippen molar-refractivity contribution >= 4 is 5.84 Å². The first-order valence-electron chi connectivity index (χ1n) is 4.74. The van der Waals surface area contributed by atoms with Crippen LogP contribution in [0.15, 0.2) is 30.6 Å². The van der Waals surface area contributed by atoms with E-state index in [1.54, 1.807) is 23.0 Å². The zero-order chi connectivity index (χ0) is 11.7. The Morgan fingerprint density at radius 3 is 2.81 bits per heavy atom. The Morgan fingerprint density at radius 1 is 1.50 bits per heavy atom. The summed E-state index contributed by atoms with van der Waals surface area (Å²) in [5.74, 6) is 0.184. The van der Waals surface area contributed by atoms with Gasteiger partial charge in [0.25, 0.3) is 0 Å². The van der Waals surface area contributed by atoms with Gasteiger partial charge in [-0.15, -0.1) is 0 Å². The van der Waals surface area contributed by atoms with Crippen LogP contribution < -0.4 is 5.73 Å². The van der Waals surface area contributed by atoms with Gasteiger partial charge in [0.15, 0.2) is 0 Å². The van der Waals surface area contributed by atoms with Gasteiger partial charge in [0.1, 0.15) is 17.5 Å². The molecule has 0 aliphatic rings. The fourth-order valence-electron chi connectivity index (χ4n) is 1.57. The van der Waals surface area contributed by atoms with Crippen molar-refractivity contribution in [2.75, 3.05) is 0 Å². The molecule has 4 nitrogen and oxygen atoms in total. The van der Waals surface area contributed by atoms with Crippen LogP contribution >= 0.6 is 0 Å². The first kappa shape index (κ1) is 10.4. The maximum atomic E-state index is 13.1. The minimum Gasteiger partial charge on any atom is -0.384 e. The molecule has 3 N–H and O–H groups in total. The van der Waals surface area contributed by atoms with E-state index in [9.17, 15) is 4.39 Å². The van der Waals surface area contributed by atoms with Gasteiger partial charge in [0.05, 0.1) is 5.69 Å². The van der Waals surface area contributed by atoms with Gasteiger partial charge in [-0.25, -0.2) is 9.37 Å². The standard InChI is InChI=1S/C11H11FN4/c1-7-15-4-5-16(7)10-3-2-8(12)6-9(10)11(13)14/h2-6H,1H3,(H3,13,14). The zero-order valence-corrected chi connectivity index (χ0v) is 8.74. The summed E-state index contributed by atoms with van der Waals surface area (Å²) in [7, 11) is 0. The number of amidine groups is 1. The van der Waals surface area contributed by atoms with Crippen LogP contribution in [-0.2, 0) is 0 Å². The first-order chi connectivity index (χ1) is 7.59. The molecule has 5 heteroatoms. The second kappa shape index (κ2) is 3.77. The molecule has 0 fully saturated rings. The highest BCUT2D eigenvalue weighted by Crippen LogP contribution is 2.17. The van der Waals surface area contributed by atoms with E-state index in [2.05, 4.69) is 4.98 Å². The van der Waals surface area contributed by atoms with Crippen molar-refractivity contribution in [3.05, 3.63) is 47.8 Å². The average molecular weight is 218 g/mol. The molecule has 0 spiro atoms. The third kappa shape index (κ3) is 1.67. The molecule has 1 aromatic heterocycles. The van der Waals surface area contributed by atoms with E-state index in [0.717, 1.165) is 5.82 Å². The zero-order valence-electron chi connectivity index (χ0n) is 8.74. The normalized spacial score (nSPS) is 10.4.